The van der Waals surface area contributed by atoms with Crippen LogP contribution in [0.15, 0.2) is 48.5 Å². The normalized spacial score (nSPS) is 17.0. The van der Waals surface area contributed by atoms with E-state index in [1.807, 2.05) is 6.07 Å². The number of rotatable bonds is 3. The van der Waals surface area contributed by atoms with Crippen molar-refractivity contribution in [3.05, 3.63) is 59.7 Å². The van der Waals surface area contributed by atoms with Crippen molar-refractivity contribution in [2.24, 2.45) is 0 Å². The molecule has 1 fully saturated rings. The molecule has 6 heteroatoms. The van der Waals surface area contributed by atoms with Crippen LogP contribution >= 0.6 is 0 Å². The van der Waals surface area contributed by atoms with E-state index in [0.717, 1.165) is 11.1 Å². The van der Waals surface area contributed by atoms with E-state index in [-0.39, 0.29) is 11.5 Å². The highest BCUT2D eigenvalue weighted by molar-refractivity contribution is 6.04. The molecule has 0 saturated carbocycles. The van der Waals surface area contributed by atoms with Gasteiger partial charge >= 0.3 is 12.0 Å². The van der Waals surface area contributed by atoms with Gasteiger partial charge in [0.15, 0.2) is 0 Å². The summed E-state index contributed by atoms with van der Waals surface area (Å²) in [5.74, 6) is -1.37. The van der Waals surface area contributed by atoms with Crippen LogP contribution in [0.3, 0.4) is 0 Å². The third-order valence-electron chi connectivity index (χ3n) is 3.46. The maximum atomic E-state index is 11.7. The Morgan fingerprint density at radius 3 is 2.32 bits per heavy atom. The quantitative estimate of drug-likeness (QED) is 0.754. The highest BCUT2D eigenvalue weighted by Gasteiger charge is 2.30. The van der Waals surface area contributed by atoms with Gasteiger partial charge in [-0.3, -0.25) is 10.1 Å². The summed E-state index contributed by atoms with van der Waals surface area (Å²) in [7, 11) is 0. The number of hydrogen-bond acceptors (Lipinski definition) is 3. The number of urea groups is 1. The molecule has 1 atom stereocenters. The molecule has 3 N–H and O–H groups in total. The first-order valence-corrected chi connectivity index (χ1v) is 6.59. The fourth-order valence-electron chi connectivity index (χ4n) is 2.35. The number of benzene rings is 2. The number of aromatic carboxylic acids is 1. The standard InChI is InChI=1S/C16H12N2O4/c19-14-13(17-16(22)18-14)12-3-1-2-11(8-12)9-4-6-10(7-5-9)15(20)21/h1-8,13H,(H,20,21)(H2,17,18,19,22). The molecular weight excluding hydrogens is 284 g/mol. The first-order valence-electron chi connectivity index (χ1n) is 6.59. The Balaban J connectivity index is 1.92. The number of nitrogens with one attached hydrogen (secondary N) is 2. The number of imide groups is 1. The Morgan fingerprint density at radius 1 is 1.00 bits per heavy atom. The van der Waals surface area contributed by atoms with Crippen molar-refractivity contribution in [1.29, 1.82) is 0 Å². The van der Waals surface area contributed by atoms with Crippen LogP contribution in [-0.2, 0) is 4.79 Å². The van der Waals surface area contributed by atoms with Crippen molar-refractivity contribution in [3.63, 3.8) is 0 Å². The van der Waals surface area contributed by atoms with Crippen molar-refractivity contribution >= 4 is 17.9 Å². The molecule has 22 heavy (non-hydrogen) atoms. The molecule has 0 bridgehead atoms. The second-order valence-corrected chi connectivity index (χ2v) is 4.90. The van der Waals surface area contributed by atoms with Crippen LogP contribution in [-0.4, -0.2) is 23.0 Å². The van der Waals surface area contributed by atoms with Gasteiger partial charge in [-0.15, -0.1) is 0 Å². The number of amides is 3. The summed E-state index contributed by atoms with van der Waals surface area (Å²) in [4.78, 5) is 33.7. The molecule has 1 aliphatic heterocycles. The first-order chi connectivity index (χ1) is 10.5. The SMILES string of the molecule is O=C1NC(=O)C(c2cccc(-c3ccc(C(=O)O)cc3)c2)N1. The van der Waals surface area contributed by atoms with Gasteiger partial charge < -0.3 is 10.4 Å². The predicted octanol–water partition coefficient (Wildman–Crippen LogP) is 1.93. The highest BCUT2D eigenvalue weighted by Crippen LogP contribution is 2.25. The zero-order chi connectivity index (χ0) is 15.7. The minimum Gasteiger partial charge on any atom is -0.478 e. The smallest absolute Gasteiger partial charge is 0.335 e. The number of hydrogen-bond donors (Lipinski definition) is 3. The second kappa shape index (κ2) is 5.33. The summed E-state index contributed by atoms with van der Waals surface area (Å²) >= 11 is 0. The zero-order valence-corrected chi connectivity index (χ0v) is 11.4. The molecular formula is C16H12N2O4. The molecule has 0 aliphatic carbocycles. The number of carbonyl (C=O) groups excluding carboxylic acids is 2. The van der Waals surface area contributed by atoms with Gasteiger partial charge in [-0.05, 0) is 34.9 Å². The van der Waals surface area contributed by atoms with Gasteiger partial charge in [-0.1, -0.05) is 30.3 Å². The van der Waals surface area contributed by atoms with Crippen molar-refractivity contribution < 1.29 is 19.5 Å². The van der Waals surface area contributed by atoms with Crippen LogP contribution in [0.4, 0.5) is 4.79 Å². The Morgan fingerprint density at radius 2 is 1.73 bits per heavy atom. The van der Waals surface area contributed by atoms with E-state index in [1.165, 1.54) is 12.1 Å². The van der Waals surface area contributed by atoms with Crippen LogP contribution in [0.2, 0.25) is 0 Å². The Hall–Kier alpha value is -3.15. The molecule has 1 saturated heterocycles. The molecule has 2 aromatic rings. The van der Waals surface area contributed by atoms with E-state index in [9.17, 15) is 14.4 Å². The van der Waals surface area contributed by atoms with Crippen LogP contribution in [0, 0.1) is 0 Å². The van der Waals surface area contributed by atoms with Gasteiger partial charge in [-0.2, -0.15) is 0 Å². The fourth-order valence-corrected chi connectivity index (χ4v) is 2.35. The Bertz CT molecular complexity index is 768. The molecule has 2 aromatic carbocycles. The van der Waals surface area contributed by atoms with Crippen molar-refractivity contribution in [2.45, 2.75) is 6.04 Å². The van der Waals surface area contributed by atoms with E-state index in [1.54, 1.807) is 30.3 Å². The van der Waals surface area contributed by atoms with Crippen LogP contribution in [0.25, 0.3) is 11.1 Å². The van der Waals surface area contributed by atoms with Gasteiger partial charge in [0.2, 0.25) is 0 Å². The maximum Gasteiger partial charge on any atom is 0.335 e. The summed E-state index contributed by atoms with van der Waals surface area (Å²) in [6, 6.07) is 12.4. The summed E-state index contributed by atoms with van der Waals surface area (Å²) in [6.45, 7) is 0. The molecule has 3 rings (SSSR count). The van der Waals surface area contributed by atoms with Crippen molar-refractivity contribution in [3.8, 4) is 11.1 Å². The number of carboxylic acid groups (broad SMARTS) is 1. The number of carboxylic acids is 1. The molecule has 110 valence electrons. The summed E-state index contributed by atoms with van der Waals surface area (Å²) in [5, 5.41) is 13.6. The lowest BCUT2D eigenvalue weighted by molar-refractivity contribution is -0.120. The lowest BCUT2D eigenvalue weighted by atomic mass is 9.99. The van der Waals surface area contributed by atoms with Gasteiger partial charge in [0, 0.05) is 0 Å². The van der Waals surface area contributed by atoms with E-state index in [4.69, 9.17) is 5.11 Å². The first kappa shape index (κ1) is 13.8. The van der Waals surface area contributed by atoms with E-state index in [0.29, 0.717) is 5.56 Å². The minimum atomic E-state index is -0.981. The van der Waals surface area contributed by atoms with Gasteiger partial charge in [0.1, 0.15) is 6.04 Å². The maximum absolute atomic E-state index is 11.7. The molecule has 0 radical (unpaired) electrons. The third-order valence-corrected chi connectivity index (χ3v) is 3.46. The van der Waals surface area contributed by atoms with E-state index in [2.05, 4.69) is 10.6 Å². The molecule has 1 heterocycles. The van der Waals surface area contributed by atoms with Crippen LogP contribution in [0.1, 0.15) is 22.0 Å². The average Bonchev–Trinajstić information content (AvgIpc) is 2.86. The zero-order valence-electron chi connectivity index (χ0n) is 11.4. The largest absolute Gasteiger partial charge is 0.478 e. The highest BCUT2D eigenvalue weighted by atomic mass is 16.4. The average molecular weight is 296 g/mol. The van der Waals surface area contributed by atoms with Crippen LogP contribution in [0.5, 0.6) is 0 Å². The van der Waals surface area contributed by atoms with Gasteiger partial charge in [0.25, 0.3) is 5.91 Å². The summed E-state index contributed by atoms with van der Waals surface area (Å²) in [5.41, 5.74) is 2.55. The predicted molar refractivity (Wildman–Crippen MR) is 78.3 cm³/mol. The van der Waals surface area contributed by atoms with Crippen molar-refractivity contribution in [1.82, 2.24) is 10.6 Å². The Kier molecular flexibility index (Phi) is 3.34. The van der Waals surface area contributed by atoms with E-state index >= 15 is 0 Å². The summed E-state index contributed by atoms with van der Waals surface area (Å²) < 4.78 is 0. The summed E-state index contributed by atoms with van der Waals surface area (Å²) in [6.07, 6.45) is 0. The minimum absolute atomic E-state index is 0.210. The lowest BCUT2D eigenvalue weighted by Gasteiger charge is -2.10. The van der Waals surface area contributed by atoms with Gasteiger partial charge in [-0.25, -0.2) is 9.59 Å². The lowest BCUT2D eigenvalue weighted by Crippen LogP contribution is -2.22. The number of carbonyl (C=O) groups is 3. The van der Waals surface area contributed by atoms with Gasteiger partial charge in [0.05, 0.1) is 5.56 Å². The van der Waals surface area contributed by atoms with Crippen molar-refractivity contribution in [2.75, 3.05) is 0 Å². The fraction of sp³-hybridized carbons (Fsp3) is 0.0625. The third kappa shape index (κ3) is 2.54. The second-order valence-electron chi connectivity index (χ2n) is 4.90. The topological polar surface area (TPSA) is 95.5 Å². The Labute approximate surface area is 125 Å². The molecule has 1 aliphatic rings. The molecule has 0 spiro atoms. The van der Waals surface area contributed by atoms with E-state index < -0.39 is 18.0 Å². The monoisotopic (exact) mass is 296 g/mol. The molecule has 1 unspecified atom stereocenters. The molecule has 6 nitrogen and oxygen atoms in total. The molecule has 0 aromatic heterocycles. The molecule has 3 amide bonds. The van der Waals surface area contributed by atoms with Crippen LogP contribution < -0.4 is 10.6 Å².